The molecule has 2 aliphatic rings. The topological polar surface area (TPSA) is 55.6 Å². The van der Waals surface area contributed by atoms with Gasteiger partial charge in [-0.05, 0) is 60.9 Å². The minimum absolute atomic E-state index is 0.448. The number of aromatic nitrogens is 4. The molecule has 100 valence electrons. The summed E-state index contributed by atoms with van der Waals surface area (Å²) in [4.78, 5) is 0. The highest BCUT2D eigenvalue weighted by molar-refractivity contribution is 4.95. The third-order valence-corrected chi connectivity index (χ3v) is 4.89. The molecule has 1 heterocycles. The maximum absolute atomic E-state index is 4.21. The first-order valence-electron chi connectivity index (χ1n) is 7.27. The Morgan fingerprint density at radius 3 is 2.94 bits per heavy atom. The molecule has 18 heavy (non-hydrogen) atoms. The van der Waals surface area contributed by atoms with Crippen LogP contribution in [-0.4, -0.2) is 26.8 Å². The Labute approximate surface area is 108 Å². The van der Waals surface area contributed by atoms with Gasteiger partial charge in [0.2, 0.25) is 0 Å². The van der Waals surface area contributed by atoms with Crippen LogP contribution in [0.15, 0.2) is 0 Å². The highest BCUT2D eigenvalue weighted by Crippen LogP contribution is 2.51. The van der Waals surface area contributed by atoms with Gasteiger partial charge < -0.3 is 5.32 Å². The number of rotatable bonds is 5. The number of hydrogen-bond donors (Lipinski definition) is 1. The van der Waals surface area contributed by atoms with Gasteiger partial charge in [0.25, 0.3) is 0 Å². The average molecular weight is 249 g/mol. The van der Waals surface area contributed by atoms with Crippen LogP contribution in [0, 0.1) is 17.8 Å². The molecule has 3 rings (SSSR count). The number of nitrogens with one attached hydrogen (secondary N) is 1. The van der Waals surface area contributed by atoms with Crippen LogP contribution in [-0.2, 0) is 6.54 Å². The molecule has 0 spiro atoms. The summed E-state index contributed by atoms with van der Waals surface area (Å²) in [6, 6.07) is 0.448. The van der Waals surface area contributed by atoms with Crippen LogP contribution in [0.2, 0.25) is 0 Å². The van der Waals surface area contributed by atoms with Gasteiger partial charge in [0, 0.05) is 0 Å². The van der Waals surface area contributed by atoms with E-state index in [9.17, 15) is 0 Å². The van der Waals surface area contributed by atoms with Crippen LogP contribution in [0.4, 0.5) is 0 Å². The summed E-state index contributed by atoms with van der Waals surface area (Å²) >= 11 is 0. The zero-order chi connectivity index (χ0) is 12.5. The molecular weight excluding hydrogens is 226 g/mol. The van der Waals surface area contributed by atoms with E-state index in [1.54, 1.807) is 0 Å². The monoisotopic (exact) mass is 249 g/mol. The predicted octanol–water partition coefficient (Wildman–Crippen LogP) is 1.78. The van der Waals surface area contributed by atoms with Gasteiger partial charge in [0.15, 0.2) is 5.82 Å². The van der Waals surface area contributed by atoms with Crippen LogP contribution in [0.3, 0.4) is 0 Å². The van der Waals surface area contributed by atoms with Gasteiger partial charge >= 0.3 is 0 Å². The lowest BCUT2D eigenvalue weighted by molar-refractivity contribution is 0.223. The summed E-state index contributed by atoms with van der Waals surface area (Å²) in [6.45, 7) is 6.12. The molecule has 2 bridgehead atoms. The van der Waals surface area contributed by atoms with Crippen molar-refractivity contribution < 1.29 is 0 Å². The van der Waals surface area contributed by atoms with E-state index in [2.05, 4.69) is 34.7 Å². The Balaban J connectivity index is 1.72. The summed E-state index contributed by atoms with van der Waals surface area (Å²) in [6.07, 6.45) is 5.70. The summed E-state index contributed by atoms with van der Waals surface area (Å²) in [7, 11) is 0. The molecule has 0 amide bonds. The van der Waals surface area contributed by atoms with Crippen molar-refractivity contribution in [2.45, 2.75) is 52.1 Å². The molecule has 0 aromatic carbocycles. The fourth-order valence-electron chi connectivity index (χ4n) is 3.95. The molecule has 5 heteroatoms. The Kier molecular flexibility index (Phi) is 3.33. The van der Waals surface area contributed by atoms with E-state index in [0.717, 1.165) is 36.7 Å². The van der Waals surface area contributed by atoms with Crippen LogP contribution < -0.4 is 5.32 Å². The highest BCUT2D eigenvalue weighted by atomic mass is 15.6. The summed E-state index contributed by atoms with van der Waals surface area (Å²) in [5.74, 6) is 3.66. The highest BCUT2D eigenvalue weighted by Gasteiger charge is 2.42. The molecule has 5 nitrogen and oxygen atoms in total. The lowest BCUT2D eigenvalue weighted by Crippen LogP contribution is -2.26. The van der Waals surface area contributed by atoms with Gasteiger partial charge in [-0.25, -0.2) is 4.68 Å². The molecule has 0 radical (unpaired) electrons. The molecule has 2 saturated carbocycles. The first kappa shape index (κ1) is 12.1. The van der Waals surface area contributed by atoms with Gasteiger partial charge in [-0.1, -0.05) is 13.3 Å². The van der Waals surface area contributed by atoms with E-state index in [0.29, 0.717) is 6.04 Å². The summed E-state index contributed by atoms with van der Waals surface area (Å²) in [5, 5.41) is 15.5. The van der Waals surface area contributed by atoms with E-state index < -0.39 is 0 Å². The zero-order valence-electron chi connectivity index (χ0n) is 11.3. The second-order valence-corrected chi connectivity index (χ2v) is 5.90. The van der Waals surface area contributed by atoms with Gasteiger partial charge in [-0.2, -0.15) is 0 Å². The number of tetrazole rings is 1. The van der Waals surface area contributed by atoms with Crippen molar-refractivity contribution in [2.24, 2.45) is 17.8 Å². The first-order valence-corrected chi connectivity index (χ1v) is 7.27. The Morgan fingerprint density at radius 2 is 2.28 bits per heavy atom. The van der Waals surface area contributed by atoms with Gasteiger partial charge in [-0.15, -0.1) is 5.10 Å². The van der Waals surface area contributed by atoms with Crippen molar-refractivity contribution in [3.8, 4) is 0 Å². The van der Waals surface area contributed by atoms with Gasteiger partial charge in [0.05, 0.1) is 12.6 Å². The fourth-order valence-corrected chi connectivity index (χ4v) is 3.95. The Hall–Kier alpha value is -0.970. The van der Waals surface area contributed by atoms with E-state index in [1.807, 2.05) is 4.68 Å². The second-order valence-electron chi connectivity index (χ2n) is 5.90. The molecule has 2 fully saturated rings. The molecule has 1 N–H and O–H groups in total. The van der Waals surface area contributed by atoms with Crippen molar-refractivity contribution in [2.75, 3.05) is 6.54 Å². The molecule has 1 aromatic rings. The molecule has 4 unspecified atom stereocenters. The molecule has 2 aliphatic carbocycles. The van der Waals surface area contributed by atoms with Crippen LogP contribution in [0.25, 0.3) is 0 Å². The molecular formula is C13H23N5. The lowest BCUT2D eigenvalue weighted by Gasteiger charge is -2.28. The van der Waals surface area contributed by atoms with Gasteiger partial charge in [0.1, 0.15) is 0 Å². The number of hydrogen-bond acceptors (Lipinski definition) is 4. The standard InChI is InChI=1S/C13H23N5/c1-3-14-8-13-15-16-17-18(13)9(2)12-7-10-4-5-11(12)6-10/h9-12,14H,3-8H2,1-2H3. The molecule has 0 saturated heterocycles. The number of fused-ring (bicyclic) bond motifs is 2. The maximum atomic E-state index is 4.21. The largest absolute Gasteiger partial charge is 0.310 e. The van der Waals surface area contributed by atoms with Crippen LogP contribution in [0.5, 0.6) is 0 Å². The smallest absolute Gasteiger partial charge is 0.165 e. The zero-order valence-corrected chi connectivity index (χ0v) is 11.3. The SMILES string of the molecule is CCNCc1nnnn1C(C)C1CC2CCC1C2. The van der Waals surface area contributed by atoms with Crippen LogP contribution in [0.1, 0.15) is 51.4 Å². The summed E-state index contributed by atoms with van der Waals surface area (Å²) < 4.78 is 2.05. The second kappa shape index (κ2) is 4.96. The van der Waals surface area contributed by atoms with Crippen molar-refractivity contribution in [1.29, 1.82) is 0 Å². The third-order valence-electron chi connectivity index (χ3n) is 4.89. The normalized spacial score (nSPS) is 32.0. The maximum Gasteiger partial charge on any atom is 0.165 e. The minimum atomic E-state index is 0.448. The summed E-state index contributed by atoms with van der Waals surface area (Å²) in [5.41, 5.74) is 0. The first-order chi connectivity index (χ1) is 8.79. The average Bonchev–Trinajstić information content (AvgIpc) is 3.10. The van der Waals surface area contributed by atoms with Crippen LogP contribution >= 0.6 is 0 Å². The van der Waals surface area contributed by atoms with E-state index in [1.165, 1.54) is 25.7 Å². The fraction of sp³-hybridized carbons (Fsp3) is 0.923. The van der Waals surface area contributed by atoms with Crippen molar-refractivity contribution in [1.82, 2.24) is 25.5 Å². The van der Waals surface area contributed by atoms with E-state index in [4.69, 9.17) is 0 Å². The predicted molar refractivity (Wildman–Crippen MR) is 68.8 cm³/mol. The Morgan fingerprint density at radius 1 is 1.39 bits per heavy atom. The molecule has 4 atom stereocenters. The molecule has 0 aliphatic heterocycles. The van der Waals surface area contributed by atoms with Gasteiger partial charge in [-0.3, -0.25) is 0 Å². The third kappa shape index (κ3) is 2.05. The van der Waals surface area contributed by atoms with E-state index in [-0.39, 0.29) is 0 Å². The van der Waals surface area contributed by atoms with Crippen molar-refractivity contribution >= 4 is 0 Å². The molecule has 1 aromatic heterocycles. The lowest BCUT2D eigenvalue weighted by atomic mass is 9.84. The quantitative estimate of drug-likeness (QED) is 0.864. The van der Waals surface area contributed by atoms with E-state index >= 15 is 0 Å². The number of nitrogens with zero attached hydrogens (tertiary/aromatic N) is 4. The Bertz CT molecular complexity index is 402. The van der Waals surface area contributed by atoms with Crippen molar-refractivity contribution in [3.63, 3.8) is 0 Å². The minimum Gasteiger partial charge on any atom is -0.310 e. The van der Waals surface area contributed by atoms with Crippen molar-refractivity contribution in [3.05, 3.63) is 5.82 Å².